The van der Waals surface area contributed by atoms with Gasteiger partial charge in [0.2, 0.25) is 5.91 Å². The van der Waals surface area contributed by atoms with Crippen LogP contribution in [0.2, 0.25) is 0 Å². The van der Waals surface area contributed by atoms with Gasteiger partial charge in [-0.3, -0.25) is 14.3 Å². The number of carbonyl (C=O) groups is 1. The van der Waals surface area contributed by atoms with Gasteiger partial charge < -0.3 is 5.32 Å². The van der Waals surface area contributed by atoms with Gasteiger partial charge in [0, 0.05) is 24.5 Å². The molecule has 0 aliphatic rings. The van der Waals surface area contributed by atoms with Gasteiger partial charge in [0.25, 0.3) is 0 Å². The number of carbonyl (C=O) groups excluding carboxylic acids is 1. The summed E-state index contributed by atoms with van der Waals surface area (Å²) in [6.45, 7) is 4.26. The summed E-state index contributed by atoms with van der Waals surface area (Å²) in [6.07, 6.45) is 5.09. The van der Waals surface area contributed by atoms with E-state index in [9.17, 15) is 9.18 Å². The number of halogens is 1. The lowest BCUT2D eigenvalue weighted by Crippen LogP contribution is -2.15. The molecule has 0 aliphatic heterocycles. The number of amides is 1. The summed E-state index contributed by atoms with van der Waals surface area (Å²) in [4.78, 5) is 16.1. The first-order valence-electron chi connectivity index (χ1n) is 7.80. The molecule has 0 atom stereocenters. The average Bonchev–Trinajstić information content (AvgIpc) is 3.06. The SMILES string of the molecule is C=CCn1c(SCC(=O)Nc2ccccc2F)nnc1-c1ccncc1. The Morgan fingerprint density at radius 2 is 2.00 bits per heavy atom. The highest BCUT2D eigenvalue weighted by molar-refractivity contribution is 7.99. The minimum atomic E-state index is -0.472. The molecule has 1 aromatic carbocycles. The molecule has 26 heavy (non-hydrogen) atoms. The molecule has 6 nitrogen and oxygen atoms in total. The van der Waals surface area contributed by atoms with Crippen LogP contribution in [0.25, 0.3) is 11.4 Å². The Labute approximate surface area is 154 Å². The number of thioether (sulfide) groups is 1. The first kappa shape index (κ1) is 17.8. The topological polar surface area (TPSA) is 72.7 Å². The summed E-state index contributed by atoms with van der Waals surface area (Å²) in [5.74, 6) is -0.0383. The molecular formula is C18H16FN5OS. The first-order valence-corrected chi connectivity index (χ1v) is 8.79. The van der Waals surface area contributed by atoms with Crippen LogP contribution in [0, 0.1) is 5.82 Å². The predicted octanol–water partition coefficient (Wildman–Crippen LogP) is 3.40. The highest BCUT2D eigenvalue weighted by Gasteiger charge is 2.15. The highest BCUT2D eigenvalue weighted by Crippen LogP contribution is 2.24. The number of aromatic nitrogens is 4. The number of benzene rings is 1. The molecule has 0 unspecified atom stereocenters. The van der Waals surface area contributed by atoms with E-state index in [0.29, 0.717) is 17.5 Å². The van der Waals surface area contributed by atoms with Crippen molar-refractivity contribution in [1.29, 1.82) is 0 Å². The van der Waals surface area contributed by atoms with Crippen LogP contribution in [-0.2, 0) is 11.3 Å². The van der Waals surface area contributed by atoms with E-state index in [4.69, 9.17) is 0 Å². The zero-order chi connectivity index (χ0) is 18.4. The van der Waals surface area contributed by atoms with Crippen LogP contribution in [-0.4, -0.2) is 31.4 Å². The van der Waals surface area contributed by atoms with E-state index in [0.717, 1.165) is 5.56 Å². The fourth-order valence-electron chi connectivity index (χ4n) is 2.28. The minimum absolute atomic E-state index is 0.0833. The van der Waals surface area contributed by atoms with E-state index in [-0.39, 0.29) is 17.3 Å². The van der Waals surface area contributed by atoms with Gasteiger partial charge in [-0.2, -0.15) is 0 Å². The molecule has 0 bridgehead atoms. The van der Waals surface area contributed by atoms with Gasteiger partial charge in [0.1, 0.15) is 5.82 Å². The number of para-hydroxylation sites is 1. The van der Waals surface area contributed by atoms with Crippen LogP contribution < -0.4 is 5.32 Å². The maximum atomic E-state index is 13.6. The minimum Gasteiger partial charge on any atom is -0.323 e. The number of nitrogens with zero attached hydrogens (tertiary/aromatic N) is 4. The molecule has 2 aromatic heterocycles. The third-order valence-corrected chi connectivity index (χ3v) is 4.41. The summed E-state index contributed by atoms with van der Waals surface area (Å²) < 4.78 is 15.5. The van der Waals surface area contributed by atoms with Gasteiger partial charge >= 0.3 is 0 Å². The second-order valence-electron chi connectivity index (χ2n) is 5.26. The van der Waals surface area contributed by atoms with Crippen molar-refractivity contribution in [3.05, 3.63) is 67.3 Å². The molecule has 0 fully saturated rings. The average molecular weight is 369 g/mol. The molecule has 0 saturated carbocycles. The monoisotopic (exact) mass is 369 g/mol. The number of pyridine rings is 1. The summed E-state index contributed by atoms with van der Waals surface area (Å²) in [5, 5.41) is 11.5. The summed E-state index contributed by atoms with van der Waals surface area (Å²) >= 11 is 1.23. The molecule has 0 saturated heterocycles. The van der Waals surface area contributed by atoms with Crippen molar-refractivity contribution < 1.29 is 9.18 Å². The number of allylic oxidation sites excluding steroid dienone is 1. The van der Waals surface area contributed by atoms with Crippen LogP contribution in [0.3, 0.4) is 0 Å². The van der Waals surface area contributed by atoms with Gasteiger partial charge in [0.15, 0.2) is 11.0 Å². The predicted molar refractivity (Wildman–Crippen MR) is 99.2 cm³/mol. The number of nitrogens with one attached hydrogen (secondary N) is 1. The molecule has 1 N–H and O–H groups in total. The van der Waals surface area contributed by atoms with Crippen molar-refractivity contribution in [3.63, 3.8) is 0 Å². The van der Waals surface area contributed by atoms with E-state index >= 15 is 0 Å². The third kappa shape index (κ3) is 4.15. The van der Waals surface area contributed by atoms with Crippen molar-refractivity contribution in [3.8, 4) is 11.4 Å². The zero-order valence-electron chi connectivity index (χ0n) is 13.8. The molecule has 0 radical (unpaired) electrons. The van der Waals surface area contributed by atoms with E-state index in [2.05, 4.69) is 27.1 Å². The lowest BCUT2D eigenvalue weighted by atomic mass is 10.2. The van der Waals surface area contributed by atoms with Gasteiger partial charge in [0.05, 0.1) is 11.4 Å². The number of hydrogen-bond donors (Lipinski definition) is 1. The normalized spacial score (nSPS) is 10.5. The third-order valence-electron chi connectivity index (χ3n) is 3.45. The first-order chi connectivity index (χ1) is 12.7. The maximum Gasteiger partial charge on any atom is 0.234 e. The maximum absolute atomic E-state index is 13.6. The molecule has 0 spiro atoms. The Kier molecular flexibility index (Phi) is 5.75. The van der Waals surface area contributed by atoms with Gasteiger partial charge in [-0.1, -0.05) is 30.0 Å². The van der Waals surface area contributed by atoms with Crippen molar-refractivity contribution in [2.24, 2.45) is 0 Å². The number of anilines is 1. The van der Waals surface area contributed by atoms with Crippen molar-refractivity contribution in [2.45, 2.75) is 11.7 Å². The van der Waals surface area contributed by atoms with E-state index < -0.39 is 5.82 Å². The van der Waals surface area contributed by atoms with E-state index in [1.165, 1.54) is 23.9 Å². The molecule has 0 aliphatic carbocycles. The zero-order valence-corrected chi connectivity index (χ0v) is 14.6. The smallest absolute Gasteiger partial charge is 0.234 e. The van der Waals surface area contributed by atoms with Crippen LogP contribution in [0.5, 0.6) is 0 Å². The lowest BCUT2D eigenvalue weighted by molar-refractivity contribution is -0.113. The van der Waals surface area contributed by atoms with E-state index in [1.54, 1.807) is 30.6 Å². The fraction of sp³-hybridized carbons (Fsp3) is 0.111. The Balaban J connectivity index is 1.72. The number of rotatable bonds is 7. The Bertz CT molecular complexity index is 913. The van der Waals surface area contributed by atoms with Crippen LogP contribution in [0.1, 0.15) is 0 Å². The van der Waals surface area contributed by atoms with Crippen LogP contribution in [0.15, 0.2) is 66.6 Å². The fourth-order valence-corrected chi connectivity index (χ4v) is 3.03. The summed E-state index contributed by atoms with van der Waals surface area (Å²) in [5.41, 5.74) is 1.03. The second-order valence-corrected chi connectivity index (χ2v) is 6.20. The molecule has 3 aromatic rings. The quantitative estimate of drug-likeness (QED) is 0.510. The number of hydrogen-bond acceptors (Lipinski definition) is 5. The Hall–Kier alpha value is -3.00. The van der Waals surface area contributed by atoms with Gasteiger partial charge in [-0.05, 0) is 24.3 Å². The van der Waals surface area contributed by atoms with Gasteiger partial charge in [-0.25, -0.2) is 4.39 Å². The standard InChI is InChI=1S/C18H16FN5OS/c1-2-11-24-17(13-7-9-20-10-8-13)22-23-18(24)26-12-16(25)21-15-6-4-3-5-14(15)19/h2-10H,1,11-12H2,(H,21,25). The molecule has 2 heterocycles. The molecule has 3 rings (SSSR count). The highest BCUT2D eigenvalue weighted by atomic mass is 32.2. The largest absolute Gasteiger partial charge is 0.323 e. The molecule has 132 valence electrons. The van der Waals surface area contributed by atoms with E-state index in [1.807, 2.05) is 16.7 Å². The van der Waals surface area contributed by atoms with Crippen LogP contribution >= 0.6 is 11.8 Å². The van der Waals surface area contributed by atoms with Crippen LogP contribution in [0.4, 0.5) is 10.1 Å². The Morgan fingerprint density at radius 3 is 2.73 bits per heavy atom. The molecule has 1 amide bonds. The van der Waals surface area contributed by atoms with Gasteiger partial charge in [-0.15, -0.1) is 16.8 Å². The summed E-state index contributed by atoms with van der Waals surface area (Å²) in [7, 11) is 0. The second kappa shape index (κ2) is 8.39. The van der Waals surface area contributed by atoms with Crippen molar-refractivity contribution in [2.75, 3.05) is 11.1 Å². The van der Waals surface area contributed by atoms with Crippen molar-refractivity contribution in [1.82, 2.24) is 19.7 Å². The van der Waals surface area contributed by atoms with Crippen molar-refractivity contribution >= 4 is 23.4 Å². The Morgan fingerprint density at radius 1 is 1.23 bits per heavy atom. The lowest BCUT2D eigenvalue weighted by Gasteiger charge is -2.08. The summed E-state index contributed by atoms with van der Waals surface area (Å²) in [6, 6.07) is 9.71. The molecule has 8 heteroatoms. The molecular weight excluding hydrogens is 353 g/mol.